The summed E-state index contributed by atoms with van der Waals surface area (Å²) in [4.78, 5) is 17.4. The average molecular weight is 509 g/mol. The third-order valence-corrected chi connectivity index (χ3v) is 7.12. The molecule has 2 heterocycles. The van der Waals surface area contributed by atoms with Crippen molar-refractivity contribution in [1.29, 1.82) is 5.26 Å². The molecule has 188 valence electrons. The lowest BCUT2D eigenvalue weighted by molar-refractivity contribution is -0.164. The van der Waals surface area contributed by atoms with Crippen LogP contribution in [-0.2, 0) is 6.42 Å². The maximum absolute atomic E-state index is 13.1. The third-order valence-electron chi connectivity index (χ3n) is 6.81. The molecule has 2 N–H and O–H groups in total. The van der Waals surface area contributed by atoms with E-state index in [-0.39, 0.29) is 35.5 Å². The predicted molar refractivity (Wildman–Crippen MR) is 134 cm³/mol. The molecule has 3 aromatic rings. The van der Waals surface area contributed by atoms with Gasteiger partial charge in [-0.05, 0) is 37.1 Å². The van der Waals surface area contributed by atoms with E-state index in [1.165, 1.54) is 6.20 Å². The Morgan fingerprint density at radius 2 is 2.00 bits per heavy atom. The zero-order valence-electron chi connectivity index (χ0n) is 20.7. The van der Waals surface area contributed by atoms with Gasteiger partial charge in [0.1, 0.15) is 17.9 Å². The summed E-state index contributed by atoms with van der Waals surface area (Å²) in [5.41, 5.74) is 0.875. The Morgan fingerprint density at radius 1 is 1.25 bits per heavy atom. The van der Waals surface area contributed by atoms with Gasteiger partial charge in [-0.3, -0.25) is 4.79 Å². The second-order valence-corrected chi connectivity index (χ2v) is 10.6. The third kappa shape index (κ3) is 4.79. The zero-order chi connectivity index (χ0) is 26.1. The highest BCUT2D eigenvalue weighted by Crippen LogP contribution is 2.55. The highest BCUT2D eigenvalue weighted by atomic mass is 35.5. The largest absolute Gasteiger partial charge is 0.489 e. The van der Waals surface area contributed by atoms with Crippen LogP contribution in [0, 0.1) is 22.2 Å². The van der Waals surface area contributed by atoms with Crippen molar-refractivity contribution in [3.63, 3.8) is 0 Å². The van der Waals surface area contributed by atoms with E-state index in [2.05, 4.69) is 48.3 Å². The van der Waals surface area contributed by atoms with Crippen molar-refractivity contribution in [3.05, 3.63) is 64.6 Å². The summed E-state index contributed by atoms with van der Waals surface area (Å²) in [6, 6.07) is 10.3. The summed E-state index contributed by atoms with van der Waals surface area (Å²) in [7, 11) is 0. The summed E-state index contributed by atoms with van der Waals surface area (Å²) in [6.07, 6.45) is 4.34. The first kappa shape index (κ1) is 25.6. The highest BCUT2D eigenvalue weighted by Gasteiger charge is 2.64. The van der Waals surface area contributed by atoms with Gasteiger partial charge in [-0.15, -0.1) is 5.10 Å². The van der Waals surface area contributed by atoms with Crippen LogP contribution in [0.5, 0.6) is 5.75 Å². The number of aliphatic hydroxyl groups is 1. The van der Waals surface area contributed by atoms with Crippen LogP contribution in [0.4, 0.5) is 0 Å². The van der Waals surface area contributed by atoms with Gasteiger partial charge in [-0.1, -0.05) is 44.5 Å². The summed E-state index contributed by atoms with van der Waals surface area (Å²) in [5.74, 6) is 0.915. The Kier molecular flexibility index (Phi) is 7.03. The second kappa shape index (κ2) is 9.88. The maximum Gasteiger partial charge on any atom is 0.253 e. The fourth-order valence-electron chi connectivity index (χ4n) is 5.25. The number of nitrogens with one attached hydrogen (secondary N) is 1. The van der Waals surface area contributed by atoms with Crippen molar-refractivity contribution in [2.45, 2.75) is 52.7 Å². The summed E-state index contributed by atoms with van der Waals surface area (Å²) < 4.78 is 7.83. The van der Waals surface area contributed by atoms with Gasteiger partial charge in [-0.25, -0.2) is 9.67 Å². The predicted octanol–water partition coefficient (Wildman–Crippen LogP) is 3.72. The number of hydrogen-bond acceptors (Lipinski definition) is 7. The Labute approximate surface area is 215 Å². The minimum Gasteiger partial charge on any atom is -0.489 e. The van der Waals surface area contributed by atoms with Crippen molar-refractivity contribution in [2.24, 2.45) is 10.8 Å². The van der Waals surface area contributed by atoms with E-state index in [0.717, 1.165) is 5.69 Å². The van der Waals surface area contributed by atoms with Crippen molar-refractivity contribution < 1.29 is 14.6 Å². The fourth-order valence-corrected chi connectivity index (χ4v) is 5.46. The number of ether oxygens (including phenoxy) is 1. The lowest BCUT2D eigenvalue weighted by atomic mass is 9.49. The van der Waals surface area contributed by atoms with E-state index < -0.39 is 0 Å². The van der Waals surface area contributed by atoms with Crippen LogP contribution in [0.3, 0.4) is 0 Å². The number of aliphatic hydroxyl groups excluding tert-OH is 1. The molecular weight excluding hydrogens is 480 g/mol. The van der Waals surface area contributed by atoms with Crippen molar-refractivity contribution >= 4 is 17.5 Å². The Bertz CT molecular complexity index is 1280. The van der Waals surface area contributed by atoms with Gasteiger partial charge >= 0.3 is 0 Å². The standard InChI is InChI=1S/C26H29ClN6O3/c1-25(2)23(26(3,4)24(25)36-19-9-7-16(13-28)20(27)12-19)30-22(35)17-8-10-21(29-14-17)33-15-18(31-32-33)6-5-11-34/h7-10,12,14-15,23-24,34H,5-6,11H2,1-4H3,(H,30,35)/t23-,24-. The molecule has 10 heteroatoms. The normalized spacial score (nSPS) is 19.7. The topological polar surface area (TPSA) is 126 Å². The zero-order valence-corrected chi connectivity index (χ0v) is 21.5. The van der Waals surface area contributed by atoms with Crippen LogP contribution >= 0.6 is 11.6 Å². The number of carbonyl (C=O) groups is 1. The van der Waals surface area contributed by atoms with Gasteiger partial charge in [0.25, 0.3) is 5.91 Å². The molecular formula is C26H29ClN6O3. The summed E-state index contributed by atoms with van der Waals surface area (Å²) >= 11 is 6.17. The molecule has 1 amide bonds. The summed E-state index contributed by atoms with van der Waals surface area (Å²) in [5, 5.41) is 29.7. The van der Waals surface area contributed by atoms with Crippen LogP contribution in [0.25, 0.3) is 5.82 Å². The molecule has 0 unspecified atom stereocenters. The minimum absolute atomic E-state index is 0.0974. The molecule has 0 atom stereocenters. The van der Waals surface area contributed by atoms with Crippen LogP contribution in [0.2, 0.25) is 5.02 Å². The number of carbonyl (C=O) groups excluding carboxylic acids is 1. The first-order chi connectivity index (χ1) is 17.1. The number of rotatable bonds is 8. The van der Waals surface area contributed by atoms with Gasteiger partial charge in [0, 0.05) is 35.7 Å². The highest BCUT2D eigenvalue weighted by molar-refractivity contribution is 6.31. The van der Waals surface area contributed by atoms with E-state index in [9.17, 15) is 4.79 Å². The van der Waals surface area contributed by atoms with E-state index in [0.29, 0.717) is 40.6 Å². The molecule has 9 nitrogen and oxygen atoms in total. The number of amides is 1. The molecule has 0 spiro atoms. The smallest absolute Gasteiger partial charge is 0.253 e. The lowest BCUT2D eigenvalue weighted by Gasteiger charge is -2.63. The van der Waals surface area contributed by atoms with Crippen LogP contribution in [0.1, 0.15) is 55.7 Å². The number of benzene rings is 1. The van der Waals surface area contributed by atoms with Gasteiger partial charge in [-0.2, -0.15) is 5.26 Å². The molecule has 1 fully saturated rings. The van der Waals surface area contributed by atoms with E-state index >= 15 is 0 Å². The molecule has 1 aromatic carbocycles. The van der Waals surface area contributed by atoms with E-state index in [1.807, 2.05) is 6.07 Å². The van der Waals surface area contributed by atoms with Crippen molar-refractivity contribution in [1.82, 2.24) is 25.3 Å². The van der Waals surface area contributed by atoms with Gasteiger partial charge < -0.3 is 15.2 Å². The molecule has 1 saturated carbocycles. The maximum atomic E-state index is 13.1. The number of nitrogens with zero attached hydrogens (tertiary/aromatic N) is 5. The first-order valence-corrected chi connectivity index (χ1v) is 12.1. The first-order valence-electron chi connectivity index (χ1n) is 11.7. The number of halogens is 1. The fraction of sp³-hybridized carbons (Fsp3) is 0.423. The Hall–Kier alpha value is -3.48. The monoisotopic (exact) mass is 508 g/mol. The summed E-state index contributed by atoms with van der Waals surface area (Å²) in [6.45, 7) is 8.32. The molecule has 1 aliphatic carbocycles. The quantitative estimate of drug-likeness (QED) is 0.474. The number of aromatic nitrogens is 4. The molecule has 0 bridgehead atoms. The molecule has 0 saturated heterocycles. The minimum atomic E-state index is -0.362. The lowest BCUT2D eigenvalue weighted by Crippen LogP contribution is -2.74. The number of aryl methyl sites for hydroxylation is 1. The van der Waals surface area contributed by atoms with Gasteiger partial charge in [0.05, 0.1) is 28.0 Å². The second-order valence-electron chi connectivity index (χ2n) is 10.2. The number of pyridine rings is 1. The molecule has 36 heavy (non-hydrogen) atoms. The number of hydrogen-bond donors (Lipinski definition) is 2. The van der Waals surface area contributed by atoms with Gasteiger partial charge in [0.15, 0.2) is 5.82 Å². The van der Waals surface area contributed by atoms with E-state index in [4.69, 9.17) is 26.7 Å². The molecule has 0 radical (unpaired) electrons. The average Bonchev–Trinajstić information content (AvgIpc) is 3.33. The molecule has 4 rings (SSSR count). The van der Waals surface area contributed by atoms with Crippen LogP contribution in [0.15, 0.2) is 42.7 Å². The van der Waals surface area contributed by atoms with E-state index in [1.54, 1.807) is 41.2 Å². The Balaban J connectivity index is 1.43. The van der Waals surface area contributed by atoms with Gasteiger partial charge in [0.2, 0.25) is 0 Å². The van der Waals surface area contributed by atoms with Crippen molar-refractivity contribution in [2.75, 3.05) is 6.61 Å². The number of nitriles is 1. The SMILES string of the molecule is CC1(C)[C@H](NC(=O)c2ccc(-n3cc(CCCO)nn3)nc2)C(C)(C)[C@H]1Oc1ccc(C#N)c(Cl)c1. The van der Waals surface area contributed by atoms with Crippen molar-refractivity contribution in [3.8, 4) is 17.6 Å². The Morgan fingerprint density at radius 3 is 2.61 bits per heavy atom. The molecule has 1 aliphatic rings. The van der Waals surface area contributed by atoms with Crippen LogP contribution in [-0.4, -0.2) is 49.7 Å². The van der Waals surface area contributed by atoms with Crippen LogP contribution < -0.4 is 10.1 Å². The molecule has 0 aliphatic heterocycles. The molecule has 2 aromatic heterocycles.